The van der Waals surface area contributed by atoms with Crippen LogP contribution in [0.2, 0.25) is 0 Å². The predicted molar refractivity (Wildman–Crippen MR) is 131 cm³/mol. The first-order valence-corrected chi connectivity index (χ1v) is 11.1. The number of aryl methyl sites for hydroxylation is 1. The minimum Gasteiger partial charge on any atom is -0.486 e. The van der Waals surface area contributed by atoms with Crippen molar-refractivity contribution in [2.75, 3.05) is 20.1 Å². The van der Waals surface area contributed by atoms with Gasteiger partial charge >= 0.3 is 5.97 Å². The Bertz CT molecular complexity index is 1040. The Morgan fingerprint density at radius 3 is 2.38 bits per heavy atom. The SMILES string of the molecule is CN(CCC(Oc1ccc(Oc2cccc3c2CCC3)cc1)c1ccccc1)CC(=O)O.[CH3-].[Y]. The zero-order valence-electron chi connectivity index (χ0n) is 19.9. The average Bonchev–Trinajstić information content (AvgIpc) is 3.28. The number of fused-ring (bicyclic) bond motifs is 1. The predicted octanol–water partition coefficient (Wildman–Crippen LogP) is 5.94. The maximum absolute atomic E-state index is 11.0. The van der Waals surface area contributed by atoms with Gasteiger partial charge in [-0.1, -0.05) is 42.5 Å². The summed E-state index contributed by atoms with van der Waals surface area (Å²) in [6, 6.07) is 24.0. The molecular formula is C28H32NO4Y-. The molecule has 3 aromatic rings. The maximum Gasteiger partial charge on any atom is 0.317 e. The second kappa shape index (κ2) is 13.6. The number of hydrogen-bond donors (Lipinski definition) is 1. The van der Waals surface area contributed by atoms with E-state index in [1.54, 1.807) is 4.90 Å². The van der Waals surface area contributed by atoms with Gasteiger partial charge in [-0.25, -0.2) is 0 Å². The van der Waals surface area contributed by atoms with E-state index in [0.29, 0.717) is 13.0 Å². The molecule has 177 valence electrons. The van der Waals surface area contributed by atoms with Crippen molar-refractivity contribution < 1.29 is 52.1 Å². The van der Waals surface area contributed by atoms with Gasteiger partial charge in [-0.15, -0.1) is 0 Å². The number of rotatable bonds is 10. The van der Waals surface area contributed by atoms with Gasteiger partial charge < -0.3 is 22.0 Å². The van der Waals surface area contributed by atoms with Crippen LogP contribution < -0.4 is 9.47 Å². The van der Waals surface area contributed by atoms with Crippen LogP contribution in [0.4, 0.5) is 0 Å². The van der Waals surface area contributed by atoms with E-state index in [-0.39, 0.29) is 52.8 Å². The molecule has 0 bridgehead atoms. The Morgan fingerprint density at radius 2 is 1.68 bits per heavy atom. The molecule has 5 nitrogen and oxygen atoms in total. The Hall–Kier alpha value is -2.21. The van der Waals surface area contributed by atoms with Crippen molar-refractivity contribution in [3.8, 4) is 17.2 Å². The summed E-state index contributed by atoms with van der Waals surface area (Å²) in [5, 5.41) is 9.00. The smallest absolute Gasteiger partial charge is 0.317 e. The van der Waals surface area contributed by atoms with Crippen LogP contribution in [-0.2, 0) is 50.3 Å². The quantitative estimate of drug-likeness (QED) is 0.326. The van der Waals surface area contributed by atoms with E-state index in [4.69, 9.17) is 14.6 Å². The fourth-order valence-electron chi connectivity index (χ4n) is 4.17. The summed E-state index contributed by atoms with van der Waals surface area (Å²) >= 11 is 0. The van der Waals surface area contributed by atoms with Gasteiger partial charge in [0, 0.05) is 45.7 Å². The third-order valence-electron chi connectivity index (χ3n) is 5.78. The minimum absolute atomic E-state index is 0. The molecule has 0 aromatic heterocycles. The van der Waals surface area contributed by atoms with Crippen molar-refractivity contribution >= 4 is 5.97 Å². The van der Waals surface area contributed by atoms with Crippen molar-refractivity contribution in [1.29, 1.82) is 0 Å². The Balaban J connectivity index is 0.00000204. The molecule has 34 heavy (non-hydrogen) atoms. The molecule has 0 fully saturated rings. The van der Waals surface area contributed by atoms with Gasteiger partial charge in [-0.05, 0) is 73.3 Å². The van der Waals surface area contributed by atoms with Gasteiger partial charge in [0.1, 0.15) is 23.4 Å². The van der Waals surface area contributed by atoms with Crippen molar-refractivity contribution in [3.63, 3.8) is 0 Å². The van der Waals surface area contributed by atoms with Crippen LogP contribution >= 0.6 is 0 Å². The summed E-state index contributed by atoms with van der Waals surface area (Å²) in [6.45, 7) is 0.628. The summed E-state index contributed by atoms with van der Waals surface area (Å²) in [4.78, 5) is 12.7. The Morgan fingerprint density at radius 1 is 0.971 bits per heavy atom. The number of aliphatic carboxylic acids is 1. The van der Waals surface area contributed by atoms with Crippen LogP contribution in [0.1, 0.15) is 35.6 Å². The van der Waals surface area contributed by atoms with Crippen LogP contribution in [0.25, 0.3) is 0 Å². The van der Waals surface area contributed by atoms with Crippen molar-refractivity contribution in [3.05, 3.63) is 96.9 Å². The molecule has 0 aliphatic heterocycles. The van der Waals surface area contributed by atoms with Crippen LogP contribution in [0.3, 0.4) is 0 Å². The van der Waals surface area contributed by atoms with E-state index >= 15 is 0 Å². The molecule has 1 radical (unpaired) electrons. The molecule has 1 atom stereocenters. The Kier molecular flexibility index (Phi) is 11.2. The molecule has 6 heteroatoms. The molecule has 0 saturated carbocycles. The largest absolute Gasteiger partial charge is 0.486 e. The van der Waals surface area contributed by atoms with Gasteiger partial charge in [-0.2, -0.15) is 0 Å². The number of ether oxygens (including phenoxy) is 2. The molecule has 3 aromatic carbocycles. The standard InChI is InChI=1S/C27H29NO4.CH3.Y/c1-28(19-27(29)30)18-17-25(21-7-3-2-4-8-21)31-22-13-15-23(16-14-22)32-26-12-6-10-20-9-5-11-24(20)26;;/h2-4,6-8,10,12-16,25H,5,9,11,17-19H2,1H3,(H,29,30);1H3;/q;-1;. The summed E-state index contributed by atoms with van der Waals surface area (Å²) in [7, 11) is 1.81. The van der Waals surface area contributed by atoms with Gasteiger partial charge in [-0.3, -0.25) is 9.69 Å². The monoisotopic (exact) mass is 535 g/mol. The first kappa shape index (κ1) is 28.0. The van der Waals surface area contributed by atoms with Crippen molar-refractivity contribution in [2.24, 2.45) is 0 Å². The summed E-state index contributed by atoms with van der Waals surface area (Å²) in [5.74, 6) is 1.65. The first-order chi connectivity index (χ1) is 15.6. The van der Waals surface area contributed by atoms with Gasteiger partial charge in [0.2, 0.25) is 0 Å². The van der Waals surface area contributed by atoms with E-state index in [1.807, 2.05) is 67.7 Å². The van der Waals surface area contributed by atoms with Gasteiger partial charge in [0.05, 0.1) is 6.54 Å². The normalized spacial score (nSPS) is 12.8. The third kappa shape index (κ3) is 7.66. The summed E-state index contributed by atoms with van der Waals surface area (Å²) in [6.07, 6.45) is 3.90. The number of nitrogens with zero attached hydrogens (tertiary/aromatic N) is 1. The van der Waals surface area contributed by atoms with Crippen molar-refractivity contribution in [1.82, 2.24) is 4.90 Å². The van der Waals surface area contributed by atoms with Crippen LogP contribution in [0.5, 0.6) is 17.2 Å². The molecule has 4 rings (SSSR count). The molecule has 1 unspecified atom stereocenters. The molecule has 0 heterocycles. The number of carbonyl (C=O) groups is 1. The molecule has 1 aliphatic rings. The molecule has 1 N–H and O–H groups in total. The van der Waals surface area contributed by atoms with Gasteiger partial charge in [0.25, 0.3) is 0 Å². The fraction of sp³-hybridized carbons (Fsp3) is 0.286. The van der Waals surface area contributed by atoms with E-state index in [2.05, 4.69) is 12.1 Å². The maximum atomic E-state index is 11.0. The topological polar surface area (TPSA) is 59.0 Å². The van der Waals surface area contributed by atoms with Crippen LogP contribution in [-0.4, -0.2) is 36.1 Å². The fourth-order valence-corrected chi connectivity index (χ4v) is 4.17. The third-order valence-corrected chi connectivity index (χ3v) is 5.78. The summed E-state index contributed by atoms with van der Waals surface area (Å²) in [5.41, 5.74) is 3.78. The number of carboxylic acid groups (broad SMARTS) is 1. The Labute approximate surface area is 228 Å². The van der Waals surface area contributed by atoms with E-state index in [1.165, 1.54) is 17.5 Å². The number of benzene rings is 3. The van der Waals surface area contributed by atoms with Gasteiger partial charge in [0.15, 0.2) is 0 Å². The number of carboxylic acids is 1. The first-order valence-electron chi connectivity index (χ1n) is 11.1. The molecule has 0 amide bonds. The second-order valence-corrected chi connectivity index (χ2v) is 8.26. The second-order valence-electron chi connectivity index (χ2n) is 8.26. The van der Waals surface area contributed by atoms with E-state index < -0.39 is 5.97 Å². The van der Waals surface area contributed by atoms with Crippen molar-refractivity contribution in [2.45, 2.75) is 31.8 Å². The minimum atomic E-state index is -0.829. The molecule has 1 aliphatic carbocycles. The zero-order valence-corrected chi connectivity index (χ0v) is 22.8. The van der Waals surface area contributed by atoms with E-state index in [9.17, 15) is 4.79 Å². The van der Waals surface area contributed by atoms with Crippen LogP contribution in [0.15, 0.2) is 72.8 Å². The number of hydrogen-bond acceptors (Lipinski definition) is 4. The average molecular weight is 535 g/mol. The number of likely N-dealkylation sites (N-methyl/N-ethyl adjacent to an activating group) is 1. The molecular weight excluding hydrogens is 503 g/mol. The van der Waals surface area contributed by atoms with E-state index in [0.717, 1.165) is 35.7 Å². The zero-order chi connectivity index (χ0) is 22.3. The summed E-state index contributed by atoms with van der Waals surface area (Å²) < 4.78 is 12.5. The van der Waals surface area contributed by atoms with Crippen LogP contribution in [0, 0.1) is 7.43 Å². The molecule has 0 spiro atoms. The molecule has 0 saturated heterocycles.